The predicted molar refractivity (Wildman–Crippen MR) is 312 cm³/mol. The van der Waals surface area contributed by atoms with Crippen molar-refractivity contribution in [1.29, 1.82) is 0 Å². The fourth-order valence-electron chi connectivity index (χ4n) is 2.27. The highest BCUT2D eigenvalue weighted by atomic mass is 34.0. The van der Waals surface area contributed by atoms with E-state index < -0.39 is 0 Å². The van der Waals surface area contributed by atoms with E-state index in [-0.39, 0.29) is 0 Å². The van der Waals surface area contributed by atoms with Gasteiger partial charge in [0.25, 0.3) is 0 Å². The molecule has 49 heavy (non-hydrogen) atoms. The third kappa shape index (κ3) is 57.1. The van der Waals surface area contributed by atoms with E-state index >= 15 is 0 Å². The van der Waals surface area contributed by atoms with Crippen LogP contribution in [0.2, 0.25) is 0 Å². The molecule has 296 valence electrons. The minimum atomic E-state index is 1.00. The second kappa shape index (κ2) is 57.1. The lowest BCUT2D eigenvalue weighted by atomic mass is 10.9. The number of thioether (sulfide) groups is 5. The van der Waals surface area contributed by atoms with Gasteiger partial charge in [-0.25, -0.2) is 0 Å². The summed E-state index contributed by atoms with van der Waals surface area (Å²) < 4.78 is 0. The second-order valence-corrected chi connectivity index (χ2v) is 42.6. The maximum absolute atomic E-state index is 4.25. The molecule has 0 aromatic carbocycles. The Morgan fingerprint density at radius 2 is 0.510 bits per heavy atom. The molecule has 0 heterocycles. The van der Waals surface area contributed by atoms with Crippen LogP contribution >= 0.6 is 282 Å². The largest absolute Gasteiger partial charge is 0.179 e. The van der Waals surface area contributed by atoms with Crippen LogP contribution < -0.4 is 0 Å². The van der Waals surface area contributed by atoms with E-state index in [2.05, 4.69) is 147 Å². The van der Waals surface area contributed by atoms with Crippen molar-refractivity contribution in [2.75, 3.05) is 132 Å². The first-order valence-corrected chi connectivity index (χ1v) is 46.0. The molecule has 0 saturated heterocycles. The minimum Gasteiger partial charge on any atom is -0.179 e. The number of hydrogen-bond donors (Lipinski definition) is 2. The van der Waals surface area contributed by atoms with E-state index in [0.717, 1.165) is 10.8 Å². The number of rotatable bonds is 46. The van der Waals surface area contributed by atoms with Crippen molar-refractivity contribution in [3.8, 4) is 0 Å². The zero-order valence-electron chi connectivity index (χ0n) is 27.0. The summed E-state index contributed by atoms with van der Waals surface area (Å²) in [4.78, 5) is 0. The summed E-state index contributed by atoms with van der Waals surface area (Å²) in [7, 11) is 37.1. The highest BCUT2D eigenvalue weighted by Crippen LogP contribution is 2.56. The topological polar surface area (TPSA) is 0 Å². The van der Waals surface area contributed by atoms with Crippen molar-refractivity contribution >= 4 is 282 Å². The van der Waals surface area contributed by atoms with Gasteiger partial charge in [-0.1, -0.05) is 152 Å². The normalized spacial score (nSPS) is 11.6. The molecule has 26 heteroatoms. The first-order chi connectivity index (χ1) is 24.4. The summed E-state index contributed by atoms with van der Waals surface area (Å²) in [6.45, 7) is 0. The zero-order chi connectivity index (χ0) is 35.2. The molecule has 0 fully saturated rings. The van der Waals surface area contributed by atoms with Gasteiger partial charge in [-0.15, -0.1) is 0 Å². The molecule has 0 aromatic heterocycles. The van der Waals surface area contributed by atoms with Gasteiger partial charge in [0.1, 0.15) is 0 Å². The summed E-state index contributed by atoms with van der Waals surface area (Å²) in [5, 5.41) is 1.15. The molecule has 0 aliphatic carbocycles. The molecular weight excluding hydrogens is 1110 g/mol. The molecule has 0 aromatic rings. The molecule has 0 spiro atoms. The van der Waals surface area contributed by atoms with Gasteiger partial charge in [0.15, 0.2) is 0 Å². The molecule has 0 aliphatic rings. The summed E-state index contributed by atoms with van der Waals surface area (Å²) in [6, 6.07) is 0. The van der Waals surface area contributed by atoms with Crippen LogP contribution in [0.15, 0.2) is 0 Å². The fourth-order valence-corrected chi connectivity index (χ4v) is 39.8. The Bertz CT molecular complexity index is 525. The first kappa shape index (κ1) is 58.1. The molecule has 0 atom stereocenters. The van der Waals surface area contributed by atoms with E-state index in [1.807, 2.05) is 106 Å². The van der Waals surface area contributed by atoms with Gasteiger partial charge < -0.3 is 0 Å². The number of thiol groups is 2. The van der Waals surface area contributed by atoms with Crippen LogP contribution in [0, 0.1) is 0 Å². The van der Waals surface area contributed by atoms with Crippen LogP contribution in [0.4, 0.5) is 0 Å². The second-order valence-electron chi connectivity index (χ2n) is 7.60. The van der Waals surface area contributed by atoms with Crippen LogP contribution in [0.3, 0.4) is 0 Å². The maximum Gasteiger partial charge on any atom is 0.0608 e. The van der Waals surface area contributed by atoms with E-state index in [4.69, 9.17) is 0 Å². The average molecular weight is 1160 g/mol. The van der Waals surface area contributed by atoms with E-state index in [1.165, 1.54) is 131 Å². The highest BCUT2D eigenvalue weighted by Gasteiger charge is 2.00. The Kier molecular flexibility index (Phi) is 67.7. The summed E-state index contributed by atoms with van der Waals surface area (Å²) in [6.07, 6.45) is 0. The van der Waals surface area contributed by atoms with Crippen LogP contribution in [-0.2, 0) is 0 Å². The monoisotopic (exact) mass is 1160 g/mol. The van der Waals surface area contributed by atoms with Crippen molar-refractivity contribution in [1.82, 2.24) is 0 Å². The quantitative estimate of drug-likeness (QED) is 0.0257. The Hall–Kier alpha value is 9.10. The van der Waals surface area contributed by atoms with Crippen LogP contribution in [0.5, 0.6) is 0 Å². The molecule has 0 saturated carbocycles. The lowest BCUT2D eigenvalue weighted by Crippen LogP contribution is -1.91. The Morgan fingerprint density at radius 3 is 0.837 bits per heavy atom. The minimum absolute atomic E-state index is 1.00. The van der Waals surface area contributed by atoms with Gasteiger partial charge in [-0.2, -0.15) is 71.4 Å². The third-order valence-corrected chi connectivity index (χ3v) is 40.8. The first-order valence-electron chi connectivity index (χ1n) is 14.6. The summed E-state index contributed by atoms with van der Waals surface area (Å²) >= 11 is 18.9. The van der Waals surface area contributed by atoms with E-state index in [9.17, 15) is 0 Å². The lowest BCUT2D eigenvalue weighted by Gasteiger charge is -2.04. The standard InChI is InChI=1S/C23H48S26/c24-1-2-26-3-12-31-32-13-4-27-5-14-33-34-15-6-28-7-16-35-36-17-8-29-9-18-37-38-19-10-30-11-20-39-40-21-22-41-42-23-43-45-47-49-48-46-44-25/h24-25H,1-23H2. The SMILES string of the molecule is SCCSCCSSCCSCCSSCCSCCSSCCSCCSSCCSCCSSCCSSCSSSSSSSS. The molecule has 0 N–H and O–H groups in total. The fraction of sp³-hybridized carbons (Fsp3) is 1.00. The molecule has 0 amide bonds. The predicted octanol–water partition coefficient (Wildman–Crippen LogP) is 17.3. The Morgan fingerprint density at radius 1 is 0.245 bits per heavy atom. The van der Waals surface area contributed by atoms with Crippen molar-refractivity contribution in [2.45, 2.75) is 0 Å². The highest BCUT2D eigenvalue weighted by molar-refractivity contribution is 9.48. The smallest absolute Gasteiger partial charge is 0.0608 e. The van der Waals surface area contributed by atoms with E-state index in [0.29, 0.717) is 0 Å². The molecular formula is C23H48S26. The molecule has 0 unspecified atom stereocenters. The molecule has 0 radical (unpaired) electrons. The van der Waals surface area contributed by atoms with Gasteiger partial charge in [0.2, 0.25) is 0 Å². The van der Waals surface area contributed by atoms with Crippen molar-refractivity contribution < 1.29 is 0 Å². The van der Waals surface area contributed by atoms with Crippen LogP contribution in [-0.4, -0.2) is 132 Å². The molecule has 0 rings (SSSR count). The zero-order valence-corrected chi connectivity index (χ0v) is 48.3. The van der Waals surface area contributed by atoms with E-state index in [1.54, 1.807) is 19.7 Å². The summed E-state index contributed by atoms with van der Waals surface area (Å²) in [5.74, 6) is 27.8. The lowest BCUT2D eigenvalue weighted by molar-refractivity contribution is 1.49. The molecule has 0 bridgehead atoms. The molecule has 0 aliphatic heterocycles. The van der Waals surface area contributed by atoms with Gasteiger partial charge in [-0.05, 0) is 64.7 Å². The van der Waals surface area contributed by atoms with Gasteiger partial charge in [0.05, 0.1) is 5.08 Å². The molecule has 0 nitrogen and oxygen atoms in total. The van der Waals surface area contributed by atoms with Gasteiger partial charge in [-0.3, -0.25) is 0 Å². The average Bonchev–Trinajstić information content (AvgIpc) is 3.11. The Balaban J connectivity index is 3.04. The summed E-state index contributed by atoms with van der Waals surface area (Å²) in [5.41, 5.74) is 0. The van der Waals surface area contributed by atoms with Gasteiger partial charge >= 0.3 is 0 Å². The van der Waals surface area contributed by atoms with Crippen molar-refractivity contribution in [3.05, 3.63) is 0 Å². The van der Waals surface area contributed by atoms with Gasteiger partial charge in [0, 0.05) is 121 Å². The Labute approximate surface area is 406 Å². The van der Waals surface area contributed by atoms with Crippen LogP contribution in [0.25, 0.3) is 0 Å². The van der Waals surface area contributed by atoms with Crippen LogP contribution in [0.1, 0.15) is 0 Å². The maximum atomic E-state index is 4.25. The van der Waals surface area contributed by atoms with Crippen molar-refractivity contribution in [2.24, 2.45) is 0 Å². The van der Waals surface area contributed by atoms with Crippen molar-refractivity contribution in [3.63, 3.8) is 0 Å². The third-order valence-electron chi connectivity index (χ3n) is 4.07. The number of hydrogen-bond acceptors (Lipinski definition) is 26.